The first-order valence-electron chi connectivity index (χ1n) is 6.58. The number of methoxy groups -OCH3 is 1. The first kappa shape index (κ1) is 15.6. The number of hydrogen-bond acceptors (Lipinski definition) is 3. The lowest BCUT2D eigenvalue weighted by Crippen LogP contribution is -2.03. The van der Waals surface area contributed by atoms with E-state index < -0.39 is 0 Å². The quantitative estimate of drug-likeness (QED) is 0.743. The predicted molar refractivity (Wildman–Crippen MR) is 86.2 cm³/mol. The van der Waals surface area contributed by atoms with Gasteiger partial charge in [0.2, 0.25) is 0 Å². The Bertz CT molecular complexity index is 665. The molecule has 3 nitrogen and oxygen atoms in total. The molecule has 2 rings (SSSR count). The van der Waals surface area contributed by atoms with Gasteiger partial charge in [-0.2, -0.15) is 0 Å². The Morgan fingerprint density at radius 2 is 1.90 bits per heavy atom. The Morgan fingerprint density at radius 3 is 2.57 bits per heavy atom. The van der Waals surface area contributed by atoms with Crippen molar-refractivity contribution in [1.82, 2.24) is 0 Å². The molecule has 2 aromatic rings. The zero-order chi connectivity index (χ0) is 15.4. The number of carbonyl (C=O) groups is 1. The van der Waals surface area contributed by atoms with E-state index in [2.05, 4.69) is 15.9 Å². The molecule has 0 spiro atoms. The van der Waals surface area contributed by atoms with E-state index in [1.165, 1.54) is 6.92 Å². The third-order valence-corrected chi connectivity index (χ3v) is 3.64. The van der Waals surface area contributed by atoms with Crippen LogP contribution >= 0.6 is 15.9 Å². The topological polar surface area (TPSA) is 35.5 Å². The van der Waals surface area contributed by atoms with E-state index in [-0.39, 0.29) is 5.78 Å². The molecule has 0 unspecified atom stereocenters. The van der Waals surface area contributed by atoms with Crippen LogP contribution in [0.25, 0.3) is 0 Å². The summed E-state index contributed by atoms with van der Waals surface area (Å²) in [5.74, 6) is 1.33. The molecule has 4 heteroatoms. The monoisotopic (exact) mass is 348 g/mol. The van der Waals surface area contributed by atoms with Crippen molar-refractivity contribution < 1.29 is 14.3 Å². The largest absolute Gasteiger partial charge is 0.496 e. The van der Waals surface area contributed by atoms with Gasteiger partial charge in [-0.25, -0.2) is 0 Å². The molecule has 0 aliphatic heterocycles. The van der Waals surface area contributed by atoms with Crippen LogP contribution in [-0.4, -0.2) is 12.9 Å². The fourth-order valence-corrected chi connectivity index (χ4v) is 2.42. The van der Waals surface area contributed by atoms with Crippen LogP contribution in [0.5, 0.6) is 11.5 Å². The van der Waals surface area contributed by atoms with Gasteiger partial charge >= 0.3 is 0 Å². The fourth-order valence-electron chi connectivity index (χ4n) is 2.08. The van der Waals surface area contributed by atoms with E-state index >= 15 is 0 Å². The summed E-state index contributed by atoms with van der Waals surface area (Å²) in [7, 11) is 1.63. The highest BCUT2D eigenvalue weighted by Crippen LogP contribution is 2.27. The second-order valence-corrected chi connectivity index (χ2v) is 5.72. The van der Waals surface area contributed by atoms with E-state index in [0.717, 1.165) is 21.3 Å². The summed E-state index contributed by atoms with van der Waals surface area (Å²) in [6, 6.07) is 11.3. The lowest BCUT2D eigenvalue weighted by molar-refractivity contribution is 0.101. The Balaban J connectivity index is 2.26. The Hall–Kier alpha value is -1.81. The number of rotatable bonds is 5. The van der Waals surface area contributed by atoms with Crippen molar-refractivity contribution in [3.63, 3.8) is 0 Å². The average Bonchev–Trinajstić information content (AvgIpc) is 2.45. The highest BCUT2D eigenvalue weighted by atomic mass is 79.9. The summed E-state index contributed by atoms with van der Waals surface area (Å²) in [5, 5.41) is 0. The standard InChI is InChI=1S/C17H17BrO3/c1-11-4-7-16(20-3)13(8-11)10-21-17-9-14(18)5-6-15(17)12(2)19/h4-9H,10H2,1-3H3. The normalized spacial score (nSPS) is 10.3. The summed E-state index contributed by atoms with van der Waals surface area (Å²) in [4.78, 5) is 11.6. The molecular formula is C17H17BrO3. The fraction of sp³-hybridized carbons (Fsp3) is 0.235. The van der Waals surface area contributed by atoms with Crippen molar-refractivity contribution in [2.24, 2.45) is 0 Å². The molecule has 2 aromatic carbocycles. The average molecular weight is 349 g/mol. The molecular weight excluding hydrogens is 332 g/mol. The molecule has 0 atom stereocenters. The lowest BCUT2D eigenvalue weighted by Gasteiger charge is -2.13. The van der Waals surface area contributed by atoms with Crippen molar-refractivity contribution >= 4 is 21.7 Å². The highest BCUT2D eigenvalue weighted by molar-refractivity contribution is 9.10. The van der Waals surface area contributed by atoms with Crippen molar-refractivity contribution in [3.05, 3.63) is 57.6 Å². The SMILES string of the molecule is COc1ccc(C)cc1COc1cc(Br)ccc1C(C)=O. The zero-order valence-corrected chi connectivity index (χ0v) is 13.9. The number of ether oxygens (including phenoxy) is 2. The van der Waals surface area contributed by atoms with E-state index in [0.29, 0.717) is 17.9 Å². The van der Waals surface area contributed by atoms with Crippen LogP contribution in [0.1, 0.15) is 28.4 Å². The Morgan fingerprint density at radius 1 is 1.14 bits per heavy atom. The van der Waals surface area contributed by atoms with Crippen LogP contribution in [0.3, 0.4) is 0 Å². The van der Waals surface area contributed by atoms with Gasteiger partial charge in [0, 0.05) is 10.0 Å². The van der Waals surface area contributed by atoms with Crippen LogP contribution in [0.2, 0.25) is 0 Å². The zero-order valence-electron chi connectivity index (χ0n) is 12.3. The summed E-state index contributed by atoms with van der Waals surface area (Å²) in [5.41, 5.74) is 2.66. The Labute approximate surface area is 133 Å². The molecule has 0 fully saturated rings. The van der Waals surface area contributed by atoms with E-state index in [9.17, 15) is 4.79 Å². The molecule has 0 amide bonds. The van der Waals surface area contributed by atoms with Crippen molar-refractivity contribution in [3.8, 4) is 11.5 Å². The van der Waals surface area contributed by atoms with Crippen molar-refractivity contribution in [2.75, 3.05) is 7.11 Å². The minimum atomic E-state index is -0.0197. The molecule has 0 aromatic heterocycles. The minimum absolute atomic E-state index is 0.0197. The van der Waals surface area contributed by atoms with Crippen LogP contribution in [0.4, 0.5) is 0 Å². The van der Waals surface area contributed by atoms with Gasteiger partial charge < -0.3 is 9.47 Å². The number of aryl methyl sites for hydroxylation is 1. The smallest absolute Gasteiger partial charge is 0.163 e. The second-order valence-electron chi connectivity index (χ2n) is 4.80. The number of benzene rings is 2. The second kappa shape index (κ2) is 6.76. The minimum Gasteiger partial charge on any atom is -0.496 e. The van der Waals surface area contributed by atoms with Crippen LogP contribution in [0.15, 0.2) is 40.9 Å². The summed E-state index contributed by atoms with van der Waals surface area (Å²) in [6.45, 7) is 3.90. The van der Waals surface area contributed by atoms with Crippen LogP contribution in [-0.2, 0) is 6.61 Å². The van der Waals surface area contributed by atoms with Gasteiger partial charge in [0.05, 0.1) is 12.7 Å². The molecule has 0 bridgehead atoms. The van der Waals surface area contributed by atoms with E-state index in [1.54, 1.807) is 19.2 Å². The molecule has 0 saturated carbocycles. The van der Waals surface area contributed by atoms with Gasteiger partial charge in [0.1, 0.15) is 18.1 Å². The summed E-state index contributed by atoms with van der Waals surface area (Å²) < 4.78 is 12.0. The summed E-state index contributed by atoms with van der Waals surface area (Å²) in [6.07, 6.45) is 0. The maximum absolute atomic E-state index is 11.6. The van der Waals surface area contributed by atoms with E-state index in [1.807, 2.05) is 31.2 Å². The van der Waals surface area contributed by atoms with Gasteiger partial charge in [0.25, 0.3) is 0 Å². The van der Waals surface area contributed by atoms with Gasteiger partial charge in [-0.05, 0) is 44.2 Å². The molecule has 0 aliphatic rings. The first-order valence-corrected chi connectivity index (χ1v) is 7.37. The van der Waals surface area contributed by atoms with Crippen LogP contribution < -0.4 is 9.47 Å². The van der Waals surface area contributed by atoms with Gasteiger partial charge in [-0.3, -0.25) is 4.79 Å². The van der Waals surface area contributed by atoms with Gasteiger partial charge in [-0.1, -0.05) is 27.6 Å². The number of carbonyl (C=O) groups excluding carboxylic acids is 1. The lowest BCUT2D eigenvalue weighted by atomic mass is 10.1. The number of halogens is 1. The Kier molecular flexibility index (Phi) is 5.02. The number of Topliss-reactive ketones (excluding diaryl/α,β-unsaturated/α-hetero) is 1. The van der Waals surface area contributed by atoms with Gasteiger partial charge in [-0.15, -0.1) is 0 Å². The summed E-state index contributed by atoms with van der Waals surface area (Å²) >= 11 is 3.40. The van der Waals surface area contributed by atoms with Crippen molar-refractivity contribution in [1.29, 1.82) is 0 Å². The number of hydrogen-bond donors (Lipinski definition) is 0. The highest BCUT2D eigenvalue weighted by Gasteiger charge is 2.11. The molecule has 0 saturated heterocycles. The van der Waals surface area contributed by atoms with Crippen molar-refractivity contribution in [2.45, 2.75) is 20.5 Å². The molecule has 0 radical (unpaired) electrons. The molecule has 110 valence electrons. The maximum atomic E-state index is 11.6. The molecule has 0 heterocycles. The number of ketones is 1. The molecule has 0 N–H and O–H groups in total. The third kappa shape index (κ3) is 3.85. The van der Waals surface area contributed by atoms with Gasteiger partial charge in [0.15, 0.2) is 5.78 Å². The van der Waals surface area contributed by atoms with E-state index in [4.69, 9.17) is 9.47 Å². The molecule has 0 aliphatic carbocycles. The predicted octanol–water partition coefficient (Wildman–Crippen LogP) is 4.55. The maximum Gasteiger partial charge on any atom is 0.163 e. The van der Waals surface area contributed by atoms with Crippen LogP contribution in [0, 0.1) is 6.92 Å². The molecule has 21 heavy (non-hydrogen) atoms. The third-order valence-electron chi connectivity index (χ3n) is 3.14. The first-order chi connectivity index (χ1) is 10.0.